The molecule has 0 spiro atoms. The van der Waals surface area contributed by atoms with Crippen molar-refractivity contribution in [2.24, 2.45) is 0 Å². The molecule has 0 aliphatic carbocycles. The van der Waals surface area contributed by atoms with Gasteiger partial charge in [0.05, 0.1) is 12.9 Å². The number of phosphoric ester groups is 2. The predicted octanol–water partition coefficient (Wildman–Crippen LogP) is 0.591. The van der Waals surface area contributed by atoms with Crippen LogP contribution in [0.25, 0.3) is 11.2 Å². The summed E-state index contributed by atoms with van der Waals surface area (Å²) in [5, 5.41) is 0. The summed E-state index contributed by atoms with van der Waals surface area (Å²) in [6, 6.07) is 0. The maximum absolute atomic E-state index is 11.8. The van der Waals surface area contributed by atoms with E-state index >= 15 is 0 Å². The van der Waals surface area contributed by atoms with Crippen LogP contribution in [0.5, 0.6) is 0 Å². The molecule has 1 fully saturated rings. The van der Waals surface area contributed by atoms with Gasteiger partial charge in [-0.25, -0.2) is 24.1 Å². The van der Waals surface area contributed by atoms with Crippen molar-refractivity contribution in [2.45, 2.75) is 24.9 Å². The van der Waals surface area contributed by atoms with Gasteiger partial charge in [0.2, 0.25) is 0 Å². The lowest BCUT2D eigenvalue weighted by molar-refractivity contribution is -0.0430. The molecular weight excluding hydrogens is 420 g/mol. The van der Waals surface area contributed by atoms with Gasteiger partial charge in [0.25, 0.3) is 0 Å². The summed E-state index contributed by atoms with van der Waals surface area (Å²) in [5.41, 5.74) is 6.49. The zero-order valence-corrected chi connectivity index (χ0v) is 16.6. The van der Waals surface area contributed by atoms with E-state index in [4.69, 9.17) is 19.5 Å². The first-order valence-corrected chi connectivity index (χ1v) is 10.8. The summed E-state index contributed by atoms with van der Waals surface area (Å²) in [4.78, 5) is 31.1. The average Bonchev–Trinajstić information content (AvgIpc) is 3.24. The zero-order valence-electron chi connectivity index (χ0n) is 14.8. The van der Waals surface area contributed by atoms with Crippen LogP contribution < -0.4 is 5.73 Å². The maximum atomic E-state index is 11.8. The number of aromatic nitrogens is 4. The van der Waals surface area contributed by atoms with Crippen LogP contribution in [0.15, 0.2) is 12.7 Å². The van der Waals surface area contributed by atoms with Crippen LogP contribution in [0.4, 0.5) is 5.82 Å². The van der Waals surface area contributed by atoms with Gasteiger partial charge in [-0.2, -0.15) is 0 Å². The van der Waals surface area contributed by atoms with Crippen LogP contribution >= 0.6 is 15.6 Å². The van der Waals surface area contributed by atoms with Crippen molar-refractivity contribution >= 4 is 32.6 Å². The summed E-state index contributed by atoms with van der Waals surface area (Å²) < 4.78 is 49.4. The number of fused-ring (bicyclic) bond motifs is 1. The van der Waals surface area contributed by atoms with Crippen LogP contribution in [0.2, 0.25) is 0 Å². The minimum absolute atomic E-state index is 0.0695. The largest absolute Gasteiger partial charge is 0.472 e. The average molecular weight is 439 g/mol. The zero-order chi connectivity index (χ0) is 20.5. The first kappa shape index (κ1) is 21.2. The maximum Gasteiger partial charge on any atom is 0.472 e. The Labute approximate surface area is 158 Å². The van der Waals surface area contributed by atoms with Crippen LogP contribution in [0, 0.1) is 0 Å². The van der Waals surface area contributed by atoms with Gasteiger partial charge in [0.1, 0.15) is 30.3 Å². The van der Waals surface area contributed by atoms with Crippen molar-refractivity contribution in [3.8, 4) is 0 Å². The number of anilines is 1. The van der Waals surface area contributed by atoms with Gasteiger partial charge in [0.15, 0.2) is 11.5 Å². The fourth-order valence-corrected chi connectivity index (χ4v) is 3.74. The fraction of sp³-hybridized carbons (Fsp3) is 0.583. The van der Waals surface area contributed by atoms with Gasteiger partial charge in [-0.1, -0.05) is 0 Å². The normalized spacial score (nSPS) is 26.9. The summed E-state index contributed by atoms with van der Waals surface area (Å²) >= 11 is 0. The number of nitrogens with zero attached hydrogens (tertiary/aromatic N) is 4. The molecule has 2 aromatic rings. The molecule has 3 heterocycles. The molecule has 1 saturated heterocycles. The van der Waals surface area contributed by atoms with Crippen molar-refractivity contribution in [1.82, 2.24) is 19.5 Å². The first-order valence-electron chi connectivity index (χ1n) is 7.84. The molecule has 0 amide bonds. The van der Waals surface area contributed by atoms with Gasteiger partial charge in [-0.3, -0.25) is 22.7 Å². The summed E-state index contributed by atoms with van der Waals surface area (Å²) in [6.45, 7) is -0.448. The molecule has 3 rings (SSSR count). The Morgan fingerprint density at radius 2 is 1.96 bits per heavy atom. The Morgan fingerprint density at radius 3 is 2.64 bits per heavy atom. The molecule has 28 heavy (non-hydrogen) atoms. The minimum atomic E-state index is -4.36. The highest BCUT2D eigenvalue weighted by Gasteiger charge is 2.43. The van der Waals surface area contributed by atoms with E-state index in [-0.39, 0.29) is 12.2 Å². The molecule has 4 N–H and O–H groups in total. The van der Waals surface area contributed by atoms with Crippen molar-refractivity contribution in [3.63, 3.8) is 0 Å². The van der Waals surface area contributed by atoms with E-state index in [1.165, 1.54) is 17.2 Å². The summed E-state index contributed by atoms with van der Waals surface area (Å²) in [5.74, 6) is 0.176. The lowest BCUT2D eigenvalue weighted by Crippen LogP contribution is -2.28. The highest BCUT2D eigenvalue weighted by molar-refractivity contribution is 7.47. The Balaban J connectivity index is 1.84. The van der Waals surface area contributed by atoms with E-state index in [2.05, 4.69) is 24.0 Å². The fourth-order valence-electron chi connectivity index (χ4n) is 2.65. The molecule has 5 atom stereocenters. The van der Waals surface area contributed by atoms with Crippen LogP contribution in [-0.2, 0) is 32.0 Å². The number of phosphoric acid groups is 2. The number of imidazole rings is 1. The van der Waals surface area contributed by atoms with Gasteiger partial charge in [0, 0.05) is 20.6 Å². The van der Waals surface area contributed by atoms with E-state index in [1.807, 2.05) is 0 Å². The second-order valence-corrected chi connectivity index (χ2v) is 8.76. The van der Waals surface area contributed by atoms with Gasteiger partial charge in [-0.15, -0.1) is 0 Å². The SMILES string of the molecule is COP(=O)(O)OCC1OC(n2cnc3c(N)ncnc32)CC1OP(=O)(O)OC. The van der Waals surface area contributed by atoms with Crippen molar-refractivity contribution in [2.75, 3.05) is 26.6 Å². The topological polar surface area (TPSA) is 190 Å². The standard InChI is InChI=1S/C12H19N5O9P2/c1-22-27(18,19)24-4-8-7(26-28(20,21)23-2)3-9(25-8)17-6-16-10-11(13)14-5-15-12(10)17/h5-9H,3-4H2,1-2H3,(H,18,19)(H,20,21)(H2,13,14,15). The quantitative estimate of drug-likeness (QED) is 0.485. The van der Waals surface area contributed by atoms with E-state index < -0.39 is 40.7 Å². The smallest absolute Gasteiger partial charge is 0.382 e. The monoisotopic (exact) mass is 439 g/mol. The second-order valence-electron chi connectivity index (χ2n) is 5.69. The minimum Gasteiger partial charge on any atom is -0.382 e. The third-order valence-corrected chi connectivity index (χ3v) is 5.95. The summed E-state index contributed by atoms with van der Waals surface area (Å²) in [7, 11) is -6.64. The van der Waals surface area contributed by atoms with Gasteiger partial charge in [-0.05, 0) is 0 Å². The number of nitrogen functional groups attached to an aromatic ring is 1. The third kappa shape index (κ3) is 4.57. The molecular formula is C12H19N5O9P2. The molecule has 0 bridgehead atoms. The Bertz CT molecular complexity index is 939. The number of nitrogens with two attached hydrogens (primary N) is 1. The van der Waals surface area contributed by atoms with E-state index in [0.29, 0.717) is 11.2 Å². The van der Waals surface area contributed by atoms with Crippen LogP contribution in [0.3, 0.4) is 0 Å². The number of ether oxygens (including phenoxy) is 1. The number of hydrogen-bond donors (Lipinski definition) is 3. The van der Waals surface area contributed by atoms with E-state index in [1.54, 1.807) is 0 Å². The van der Waals surface area contributed by atoms with E-state index in [9.17, 15) is 18.9 Å². The lowest BCUT2D eigenvalue weighted by atomic mass is 10.2. The molecule has 0 aromatic carbocycles. The molecule has 156 valence electrons. The Kier molecular flexibility index (Phi) is 6.15. The highest BCUT2D eigenvalue weighted by Crippen LogP contribution is 2.49. The molecule has 1 aliphatic rings. The van der Waals surface area contributed by atoms with Crippen LogP contribution in [0.1, 0.15) is 12.6 Å². The molecule has 16 heteroatoms. The first-order chi connectivity index (χ1) is 13.2. The molecule has 2 aromatic heterocycles. The van der Waals surface area contributed by atoms with Crippen molar-refractivity contribution in [3.05, 3.63) is 12.7 Å². The molecule has 0 radical (unpaired) electrons. The highest BCUT2D eigenvalue weighted by atomic mass is 31.2. The van der Waals surface area contributed by atoms with E-state index in [0.717, 1.165) is 14.2 Å². The predicted molar refractivity (Wildman–Crippen MR) is 92.8 cm³/mol. The number of rotatable bonds is 8. The molecule has 1 aliphatic heterocycles. The lowest BCUT2D eigenvalue weighted by Gasteiger charge is -2.21. The van der Waals surface area contributed by atoms with Gasteiger partial charge < -0.3 is 20.3 Å². The van der Waals surface area contributed by atoms with Gasteiger partial charge >= 0.3 is 15.6 Å². The second kappa shape index (κ2) is 8.11. The van der Waals surface area contributed by atoms with Crippen molar-refractivity contribution < 1.29 is 41.7 Å². The van der Waals surface area contributed by atoms with Crippen LogP contribution in [-0.4, -0.2) is 62.3 Å². The molecule has 14 nitrogen and oxygen atoms in total. The van der Waals surface area contributed by atoms with Crippen molar-refractivity contribution in [1.29, 1.82) is 0 Å². The Morgan fingerprint density at radius 1 is 1.25 bits per heavy atom. The third-order valence-electron chi connectivity index (χ3n) is 4.01. The molecule has 5 unspecified atom stereocenters. The Hall–Kier alpha value is -1.47. The molecule has 0 saturated carbocycles. The number of hydrogen-bond acceptors (Lipinski definition) is 11. The summed E-state index contributed by atoms with van der Waals surface area (Å²) in [6.07, 6.45) is 0.00612.